The van der Waals surface area contributed by atoms with Gasteiger partial charge in [0.1, 0.15) is 5.01 Å². The van der Waals surface area contributed by atoms with E-state index >= 15 is 0 Å². The summed E-state index contributed by atoms with van der Waals surface area (Å²) in [6.45, 7) is 2.27. The summed E-state index contributed by atoms with van der Waals surface area (Å²) in [6, 6.07) is 7.84. The molecule has 2 aromatic rings. The fraction of sp³-hybridized carbons (Fsp3) is 0.471. The third kappa shape index (κ3) is 3.15. The predicted octanol–water partition coefficient (Wildman–Crippen LogP) is 5.22. The molecule has 4 heteroatoms. The van der Waals surface area contributed by atoms with Crippen molar-refractivity contribution in [1.29, 1.82) is 0 Å². The molecule has 21 heavy (non-hydrogen) atoms. The minimum atomic E-state index is -0.229. The van der Waals surface area contributed by atoms with Gasteiger partial charge in [-0.2, -0.15) is 0 Å². The fourth-order valence-electron chi connectivity index (χ4n) is 3.10. The number of nitrogens with zero attached hydrogens (tertiary/aromatic N) is 1. The number of hydrogen-bond donors (Lipinski definition) is 1. The van der Waals surface area contributed by atoms with Crippen molar-refractivity contribution in [2.75, 3.05) is 0 Å². The van der Waals surface area contributed by atoms with E-state index in [0.717, 1.165) is 40.0 Å². The summed E-state index contributed by atoms with van der Waals surface area (Å²) < 4.78 is 0. The van der Waals surface area contributed by atoms with Crippen LogP contribution >= 0.6 is 22.9 Å². The van der Waals surface area contributed by atoms with Gasteiger partial charge in [-0.1, -0.05) is 37.1 Å². The van der Waals surface area contributed by atoms with E-state index in [1.54, 1.807) is 11.3 Å². The molecule has 0 bridgehead atoms. The second-order valence-electron chi connectivity index (χ2n) is 6.06. The van der Waals surface area contributed by atoms with E-state index in [2.05, 4.69) is 12.3 Å². The van der Waals surface area contributed by atoms with Gasteiger partial charge < -0.3 is 5.73 Å². The molecule has 112 valence electrons. The Kier molecular flexibility index (Phi) is 4.34. The van der Waals surface area contributed by atoms with Gasteiger partial charge in [0.05, 0.1) is 11.2 Å². The smallest absolute Gasteiger partial charge is 0.113 e. The molecule has 3 rings (SSSR count). The van der Waals surface area contributed by atoms with Crippen molar-refractivity contribution in [3.05, 3.63) is 39.7 Å². The maximum atomic E-state index is 6.64. The summed E-state index contributed by atoms with van der Waals surface area (Å²) in [5.41, 5.74) is 8.46. The molecule has 0 radical (unpaired) electrons. The molecule has 0 amide bonds. The van der Waals surface area contributed by atoms with Gasteiger partial charge >= 0.3 is 0 Å². The van der Waals surface area contributed by atoms with E-state index in [4.69, 9.17) is 22.3 Å². The summed E-state index contributed by atoms with van der Waals surface area (Å²) in [5, 5.41) is 3.92. The highest BCUT2D eigenvalue weighted by Gasteiger charge is 2.35. The van der Waals surface area contributed by atoms with E-state index < -0.39 is 0 Å². The van der Waals surface area contributed by atoms with Crippen molar-refractivity contribution in [3.8, 4) is 11.3 Å². The SMILES string of the molecule is CCC1CCC(N)(c2nc(-c3cccc(Cl)c3)cs2)CC1. The number of rotatable bonds is 3. The molecule has 2 nitrogen and oxygen atoms in total. The second kappa shape index (κ2) is 6.07. The van der Waals surface area contributed by atoms with Crippen LogP contribution in [-0.2, 0) is 5.54 Å². The van der Waals surface area contributed by atoms with Crippen LogP contribution in [-0.4, -0.2) is 4.98 Å². The minimum absolute atomic E-state index is 0.229. The van der Waals surface area contributed by atoms with Gasteiger partial charge in [0.15, 0.2) is 0 Å². The molecular weight excluding hydrogens is 300 g/mol. The van der Waals surface area contributed by atoms with Crippen molar-refractivity contribution >= 4 is 22.9 Å². The molecule has 1 aliphatic rings. The molecule has 1 saturated carbocycles. The van der Waals surface area contributed by atoms with Crippen molar-refractivity contribution < 1.29 is 0 Å². The van der Waals surface area contributed by atoms with Crippen molar-refractivity contribution in [1.82, 2.24) is 4.98 Å². The molecule has 1 aromatic heterocycles. The number of thiazole rings is 1. The Balaban J connectivity index is 1.82. The Morgan fingerprint density at radius 1 is 1.38 bits per heavy atom. The summed E-state index contributed by atoms with van der Waals surface area (Å²) in [4.78, 5) is 4.80. The quantitative estimate of drug-likeness (QED) is 0.842. The third-order valence-corrected chi connectivity index (χ3v) is 5.92. The molecular formula is C17H21ClN2S. The van der Waals surface area contributed by atoms with Gasteiger partial charge in [-0.15, -0.1) is 11.3 Å². The molecule has 1 fully saturated rings. The summed E-state index contributed by atoms with van der Waals surface area (Å²) in [6.07, 6.45) is 5.81. The lowest BCUT2D eigenvalue weighted by Crippen LogP contribution is -2.40. The Morgan fingerprint density at radius 2 is 2.14 bits per heavy atom. The van der Waals surface area contributed by atoms with Crippen LogP contribution in [0.3, 0.4) is 0 Å². The Hall–Kier alpha value is -0.900. The topological polar surface area (TPSA) is 38.9 Å². The highest BCUT2D eigenvalue weighted by Crippen LogP contribution is 2.40. The van der Waals surface area contributed by atoms with Crippen molar-refractivity contribution in [2.24, 2.45) is 11.7 Å². The van der Waals surface area contributed by atoms with Crippen LogP contribution in [0, 0.1) is 5.92 Å². The summed E-state index contributed by atoms with van der Waals surface area (Å²) in [7, 11) is 0. The molecule has 1 aliphatic carbocycles. The Morgan fingerprint density at radius 3 is 2.81 bits per heavy atom. The molecule has 0 aliphatic heterocycles. The molecule has 2 N–H and O–H groups in total. The largest absolute Gasteiger partial charge is 0.319 e. The summed E-state index contributed by atoms with van der Waals surface area (Å²) in [5.74, 6) is 0.842. The third-order valence-electron chi connectivity index (χ3n) is 4.63. The van der Waals surface area contributed by atoms with Gasteiger partial charge in [0, 0.05) is 16.0 Å². The van der Waals surface area contributed by atoms with Gasteiger partial charge in [0.25, 0.3) is 0 Å². The highest BCUT2D eigenvalue weighted by molar-refractivity contribution is 7.10. The first kappa shape index (κ1) is 15.0. The summed E-state index contributed by atoms with van der Waals surface area (Å²) >= 11 is 7.75. The zero-order valence-corrected chi connectivity index (χ0v) is 13.9. The average molecular weight is 321 g/mol. The van der Waals surface area contributed by atoms with Crippen molar-refractivity contribution in [2.45, 2.75) is 44.6 Å². The standard InChI is InChI=1S/C17H21ClN2S/c1-2-12-6-8-17(19,9-7-12)16-20-15(11-21-16)13-4-3-5-14(18)10-13/h3-5,10-12H,2,6-9,19H2,1H3. The zero-order chi connectivity index (χ0) is 14.9. The van der Waals surface area contributed by atoms with Crippen LogP contribution < -0.4 is 5.73 Å². The number of nitrogens with two attached hydrogens (primary N) is 1. The number of hydrogen-bond acceptors (Lipinski definition) is 3. The zero-order valence-electron chi connectivity index (χ0n) is 12.3. The minimum Gasteiger partial charge on any atom is -0.319 e. The predicted molar refractivity (Wildman–Crippen MR) is 90.7 cm³/mol. The number of aromatic nitrogens is 1. The molecule has 0 atom stereocenters. The fourth-order valence-corrected chi connectivity index (χ4v) is 4.29. The maximum absolute atomic E-state index is 6.64. The number of benzene rings is 1. The average Bonchev–Trinajstić information content (AvgIpc) is 2.99. The van der Waals surface area contributed by atoms with Crippen LogP contribution in [0.1, 0.15) is 44.0 Å². The van der Waals surface area contributed by atoms with Crippen LogP contribution in [0.2, 0.25) is 5.02 Å². The lowest BCUT2D eigenvalue weighted by Gasteiger charge is -2.35. The van der Waals surface area contributed by atoms with Crippen LogP contribution in [0.15, 0.2) is 29.6 Å². The van der Waals surface area contributed by atoms with E-state index in [-0.39, 0.29) is 5.54 Å². The normalized spacial score (nSPS) is 26.0. The molecule has 0 saturated heterocycles. The lowest BCUT2D eigenvalue weighted by atomic mass is 9.76. The molecule has 1 heterocycles. The van der Waals surface area contributed by atoms with Crippen LogP contribution in [0.25, 0.3) is 11.3 Å². The van der Waals surface area contributed by atoms with Crippen LogP contribution in [0.4, 0.5) is 0 Å². The maximum Gasteiger partial charge on any atom is 0.113 e. The van der Waals surface area contributed by atoms with Gasteiger partial charge in [-0.3, -0.25) is 0 Å². The first-order valence-electron chi connectivity index (χ1n) is 7.61. The van der Waals surface area contributed by atoms with Crippen molar-refractivity contribution in [3.63, 3.8) is 0 Å². The monoisotopic (exact) mass is 320 g/mol. The van der Waals surface area contributed by atoms with E-state index in [9.17, 15) is 0 Å². The molecule has 0 spiro atoms. The van der Waals surface area contributed by atoms with Gasteiger partial charge in [-0.05, 0) is 43.7 Å². The molecule has 0 unspecified atom stereocenters. The lowest BCUT2D eigenvalue weighted by molar-refractivity contribution is 0.231. The Labute approximate surface area is 135 Å². The second-order valence-corrected chi connectivity index (χ2v) is 7.35. The van der Waals surface area contributed by atoms with Gasteiger partial charge in [0.2, 0.25) is 0 Å². The molecule has 1 aromatic carbocycles. The Bertz CT molecular complexity index is 615. The first-order chi connectivity index (χ1) is 10.1. The first-order valence-corrected chi connectivity index (χ1v) is 8.87. The van der Waals surface area contributed by atoms with E-state index in [1.807, 2.05) is 24.3 Å². The number of halogens is 1. The van der Waals surface area contributed by atoms with E-state index in [0.29, 0.717) is 0 Å². The van der Waals surface area contributed by atoms with Crippen LogP contribution in [0.5, 0.6) is 0 Å². The van der Waals surface area contributed by atoms with Gasteiger partial charge in [-0.25, -0.2) is 4.98 Å². The van der Waals surface area contributed by atoms with E-state index in [1.165, 1.54) is 19.3 Å². The highest BCUT2D eigenvalue weighted by atomic mass is 35.5.